The molecule has 3 heteroatoms. The molecule has 1 aliphatic carbocycles. The van der Waals surface area contributed by atoms with Crippen LogP contribution in [0.5, 0.6) is 0 Å². The van der Waals surface area contributed by atoms with Gasteiger partial charge in [-0.1, -0.05) is 25.4 Å². The number of nitriles is 1. The van der Waals surface area contributed by atoms with Crippen molar-refractivity contribution >= 4 is 17.3 Å². The largest absolute Gasteiger partial charge is 0.381 e. The van der Waals surface area contributed by atoms with Gasteiger partial charge in [0, 0.05) is 6.04 Å². The van der Waals surface area contributed by atoms with E-state index in [1.54, 1.807) is 12.1 Å². The molecule has 0 saturated heterocycles. The molecule has 0 aliphatic heterocycles. The van der Waals surface area contributed by atoms with Crippen LogP contribution in [0.1, 0.15) is 45.1 Å². The van der Waals surface area contributed by atoms with Gasteiger partial charge in [0.05, 0.1) is 22.3 Å². The van der Waals surface area contributed by atoms with Crippen LogP contribution in [0.25, 0.3) is 0 Å². The van der Waals surface area contributed by atoms with Gasteiger partial charge in [0.15, 0.2) is 0 Å². The summed E-state index contributed by atoms with van der Waals surface area (Å²) in [5.41, 5.74) is 2.03. The molecule has 1 aromatic carbocycles. The highest BCUT2D eigenvalue weighted by Crippen LogP contribution is 2.36. The van der Waals surface area contributed by atoms with Crippen LogP contribution < -0.4 is 5.32 Å². The Labute approximate surface area is 114 Å². The lowest BCUT2D eigenvalue weighted by Gasteiger charge is -2.35. The van der Waals surface area contributed by atoms with Gasteiger partial charge in [0.25, 0.3) is 0 Å². The molecule has 0 radical (unpaired) electrons. The van der Waals surface area contributed by atoms with E-state index in [0.717, 1.165) is 5.69 Å². The summed E-state index contributed by atoms with van der Waals surface area (Å²) in [5.74, 6) is 0. The molecule has 0 bridgehead atoms. The molecule has 1 saturated carbocycles. The summed E-state index contributed by atoms with van der Waals surface area (Å²) in [5, 5.41) is 12.9. The average molecular weight is 263 g/mol. The third-order valence-corrected chi connectivity index (χ3v) is 4.11. The van der Waals surface area contributed by atoms with Crippen LogP contribution in [0.4, 0.5) is 5.69 Å². The number of hydrogen-bond acceptors (Lipinski definition) is 2. The van der Waals surface area contributed by atoms with E-state index in [-0.39, 0.29) is 0 Å². The second-order valence-corrected chi connectivity index (χ2v) is 6.30. The molecule has 0 aromatic heterocycles. The summed E-state index contributed by atoms with van der Waals surface area (Å²) in [4.78, 5) is 0. The molecule has 1 N–H and O–H groups in total. The van der Waals surface area contributed by atoms with Crippen molar-refractivity contribution in [3.8, 4) is 6.07 Å². The van der Waals surface area contributed by atoms with Crippen LogP contribution in [-0.2, 0) is 0 Å². The van der Waals surface area contributed by atoms with E-state index in [9.17, 15) is 0 Å². The topological polar surface area (TPSA) is 35.8 Å². The maximum atomic E-state index is 8.80. The lowest BCUT2D eigenvalue weighted by molar-refractivity contribution is 0.232. The summed E-state index contributed by atoms with van der Waals surface area (Å²) in [6, 6.07) is 8.03. The van der Waals surface area contributed by atoms with Crippen LogP contribution in [0, 0.1) is 16.7 Å². The second kappa shape index (κ2) is 5.20. The molecular formula is C15H19ClN2. The Morgan fingerprint density at radius 1 is 1.33 bits per heavy atom. The molecule has 0 amide bonds. The summed E-state index contributed by atoms with van der Waals surface area (Å²) in [7, 11) is 0. The van der Waals surface area contributed by atoms with Gasteiger partial charge in [-0.05, 0) is 49.3 Å². The summed E-state index contributed by atoms with van der Waals surface area (Å²) >= 11 is 6.17. The lowest BCUT2D eigenvalue weighted by Crippen LogP contribution is -2.29. The van der Waals surface area contributed by atoms with Gasteiger partial charge in [0.1, 0.15) is 0 Å². The molecule has 96 valence electrons. The first-order chi connectivity index (χ1) is 8.50. The molecular weight excluding hydrogens is 244 g/mol. The molecule has 0 atom stereocenters. The molecule has 0 heterocycles. The first-order valence-corrected chi connectivity index (χ1v) is 6.84. The fraction of sp³-hybridized carbons (Fsp3) is 0.533. The van der Waals surface area contributed by atoms with Crippen LogP contribution >= 0.6 is 11.6 Å². The Balaban J connectivity index is 2.01. The van der Waals surface area contributed by atoms with Gasteiger partial charge in [-0.15, -0.1) is 0 Å². The number of nitrogens with one attached hydrogen (secondary N) is 1. The van der Waals surface area contributed by atoms with E-state index in [1.807, 2.05) is 6.07 Å². The third-order valence-electron chi connectivity index (χ3n) is 3.80. The summed E-state index contributed by atoms with van der Waals surface area (Å²) in [6.07, 6.45) is 4.86. The van der Waals surface area contributed by atoms with Gasteiger partial charge in [-0.2, -0.15) is 5.26 Å². The SMILES string of the molecule is CC1(C)CCC(Nc2ccc(C#N)cc2Cl)CC1. The zero-order valence-electron chi connectivity index (χ0n) is 11.0. The predicted molar refractivity (Wildman–Crippen MR) is 75.8 cm³/mol. The van der Waals surface area contributed by atoms with E-state index in [2.05, 4.69) is 25.2 Å². The lowest BCUT2D eigenvalue weighted by atomic mass is 9.75. The van der Waals surface area contributed by atoms with Gasteiger partial charge >= 0.3 is 0 Å². The Bertz CT molecular complexity index is 464. The Morgan fingerprint density at radius 2 is 2.00 bits per heavy atom. The second-order valence-electron chi connectivity index (χ2n) is 5.89. The predicted octanol–water partition coefficient (Wildman–Crippen LogP) is 4.59. The van der Waals surface area contributed by atoms with Gasteiger partial charge < -0.3 is 5.32 Å². The van der Waals surface area contributed by atoms with Gasteiger partial charge in [0.2, 0.25) is 0 Å². The minimum Gasteiger partial charge on any atom is -0.381 e. The van der Waals surface area contributed by atoms with Crippen molar-refractivity contribution in [2.24, 2.45) is 5.41 Å². The van der Waals surface area contributed by atoms with Crippen molar-refractivity contribution in [2.75, 3.05) is 5.32 Å². The minimum atomic E-state index is 0.479. The quantitative estimate of drug-likeness (QED) is 0.846. The normalized spacial score (nSPS) is 19.2. The third kappa shape index (κ3) is 3.17. The zero-order valence-corrected chi connectivity index (χ0v) is 11.7. The molecule has 0 spiro atoms. The highest BCUT2D eigenvalue weighted by Gasteiger charge is 2.26. The highest BCUT2D eigenvalue weighted by molar-refractivity contribution is 6.33. The molecule has 2 nitrogen and oxygen atoms in total. The van der Waals surface area contributed by atoms with Crippen molar-refractivity contribution in [2.45, 2.75) is 45.6 Å². The minimum absolute atomic E-state index is 0.479. The standard InChI is InChI=1S/C15H19ClN2/c1-15(2)7-5-12(6-8-15)18-14-4-3-11(10-17)9-13(14)16/h3-4,9,12,18H,5-8H2,1-2H3. The maximum Gasteiger partial charge on any atom is 0.0992 e. The Morgan fingerprint density at radius 3 is 2.56 bits per heavy atom. The first kappa shape index (κ1) is 13.2. The van der Waals surface area contributed by atoms with Crippen molar-refractivity contribution in [1.29, 1.82) is 5.26 Å². The van der Waals surface area contributed by atoms with E-state index in [1.165, 1.54) is 25.7 Å². The molecule has 1 aliphatic rings. The smallest absolute Gasteiger partial charge is 0.0992 e. The molecule has 18 heavy (non-hydrogen) atoms. The highest BCUT2D eigenvalue weighted by atomic mass is 35.5. The molecule has 0 unspecified atom stereocenters. The van der Waals surface area contributed by atoms with E-state index >= 15 is 0 Å². The van der Waals surface area contributed by atoms with Gasteiger partial charge in [-0.25, -0.2) is 0 Å². The van der Waals surface area contributed by atoms with Crippen LogP contribution in [0.3, 0.4) is 0 Å². The van der Waals surface area contributed by atoms with Crippen molar-refractivity contribution < 1.29 is 0 Å². The van der Waals surface area contributed by atoms with Crippen molar-refractivity contribution in [3.63, 3.8) is 0 Å². The maximum absolute atomic E-state index is 8.80. The Kier molecular flexibility index (Phi) is 3.82. The number of benzene rings is 1. The Hall–Kier alpha value is -1.20. The number of nitrogens with zero attached hydrogens (tertiary/aromatic N) is 1. The summed E-state index contributed by atoms with van der Waals surface area (Å²) in [6.45, 7) is 4.66. The van der Waals surface area contributed by atoms with Crippen LogP contribution in [0.15, 0.2) is 18.2 Å². The van der Waals surface area contributed by atoms with Crippen LogP contribution in [-0.4, -0.2) is 6.04 Å². The fourth-order valence-corrected chi connectivity index (χ4v) is 2.70. The van der Waals surface area contributed by atoms with Crippen molar-refractivity contribution in [3.05, 3.63) is 28.8 Å². The number of anilines is 1. The van der Waals surface area contributed by atoms with Crippen LogP contribution in [0.2, 0.25) is 5.02 Å². The molecule has 1 fully saturated rings. The van der Waals surface area contributed by atoms with Crippen molar-refractivity contribution in [1.82, 2.24) is 0 Å². The van der Waals surface area contributed by atoms with E-state index in [0.29, 0.717) is 22.0 Å². The van der Waals surface area contributed by atoms with E-state index in [4.69, 9.17) is 16.9 Å². The fourth-order valence-electron chi connectivity index (χ4n) is 2.47. The monoisotopic (exact) mass is 262 g/mol. The zero-order chi connectivity index (χ0) is 13.2. The summed E-state index contributed by atoms with van der Waals surface area (Å²) < 4.78 is 0. The van der Waals surface area contributed by atoms with E-state index < -0.39 is 0 Å². The molecule has 2 rings (SSSR count). The first-order valence-electron chi connectivity index (χ1n) is 6.46. The molecule has 1 aromatic rings. The van der Waals surface area contributed by atoms with Gasteiger partial charge in [-0.3, -0.25) is 0 Å². The number of rotatable bonds is 2. The number of halogens is 1. The number of hydrogen-bond donors (Lipinski definition) is 1. The average Bonchev–Trinajstić information content (AvgIpc) is 2.34.